The predicted octanol–water partition coefficient (Wildman–Crippen LogP) is 2.31. The average Bonchev–Trinajstić information content (AvgIpc) is 2.28. The molecule has 3 heteroatoms. The van der Waals surface area contributed by atoms with Crippen molar-refractivity contribution in [2.75, 3.05) is 14.2 Å². The molecule has 1 rings (SSSR count). The van der Waals surface area contributed by atoms with Crippen LogP contribution in [0.1, 0.15) is 36.1 Å². The Hall–Kier alpha value is -1.06. The van der Waals surface area contributed by atoms with Crippen molar-refractivity contribution in [2.24, 2.45) is 5.73 Å². The van der Waals surface area contributed by atoms with Gasteiger partial charge in [0.25, 0.3) is 0 Å². The molecule has 96 valence electrons. The van der Waals surface area contributed by atoms with Crippen molar-refractivity contribution in [2.45, 2.75) is 39.3 Å². The third-order valence-corrected chi connectivity index (χ3v) is 3.11. The van der Waals surface area contributed by atoms with Crippen LogP contribution in [0, 0.1) is 13.8 Å². The summed E-state index contributed by atoms with van der Waals surface area (Å²) in [6, 6.07) is 4.78. The zero-order chi connectivity index (χ0) is 13.0. The van der Waals surface area contributed by atoms with Gasteiger partial charge in [0, 0.05) is 12.1 Å². The van der Waals surface area contributed by atoms with Gasteiger partial charge in [0.15, 0.2) is 0 Å². The first-order valence-electron chi connectivity index (χ1n) is 6.07. The summed E-state index contributed by atoms with van der Waals surface area (Å²) < 4.78 is 5.33. The van der Waals surface area contributed by atoms with Crippen molar-refractivity contribution >= 4 is 0 Å². The molecule has 0 saturated carbocycles. The number of methoxy groups -OCH3 is 1. The number of hydrogen-bond acceptors (Lipinski definition) is 3. The lowest BCUT2D eigenvalue weighted by Crippen LogP contribution is -2.26. The standard InChI is InChI=1S/C14H24N2O/c1-9-7-14(17-5)10(2)6-12(9)13(16-4)8-11(3)15/h6-7,11,13,16H,8,15H2,1-5H3. The first kappa shape index (κ1) is 14.0. The first-order valence-corrected chi connectivity index (χ1v) is 6.07. The molecule has 3 N–H and O–H groups in total. The quantitative estimate of drug-likeness (QED) is 0.824. The molecule has 0 bridgehead atoms. The van der Waals surface area contributed by atoms with Crippen molar-refractivity contribution < 1.29 is 4.74 Å². The summed E-state index contributed by atoms with van der Waals surface area (Å²) in [6.07, 6.45) is 0.934. The highest BCUT2D eigenvalue weighted by Crippen LogP contribution is 2.28. The lowest BCUT2D eigenvalue weighted by Gasteiger charge is -2.22. The van der Waals surface area contributed by atoms with Crippen molar-refractivity contribution in [3.05, 3.63) is 28.8 Å². The first-order chi connectivity index (χ1) is 7.99. The van der Waals surface area contributed by atoms with Crippen molar-refractivity contribution in [3.63, 3.8) is 0 Å². The van der Waals surface area contributed by atoms with E-state index >= 15 is 0 Å². The smallest absolute Gasteiger partial charge is 0.122 e. The molecule has 0 spiro atoms. The van der Waals surface area contributed by atoms with E-state index in [2.05, 4.69) is 31.3 Å². The fourth-order valence-corrected chi connectivity index (χ4v) is 2.18. The molecule has 0 aliphatic heterocycles. The Morgan fingerprint density at radius 2 is 1.94 bits per heavy atom. The van der Waals surface area contributed by atoms with Crippen LogP contribution in [0.4, 0.5) is 0 Å². The summed E-state index contributed by atoms with van der Waals surface area (Å²) in [5.74, 6) is 0.946. The highest BCUT2D eigenvalue weighted by Gasteiger charge is 2.15. The van der Waals surface area contributed by atoms with Crippen molar-refractivity contribution in [3.8, 4) is 5.75 Å². The van der Waals surface area contributed by atoms with Gasteiger partial charge in [0.05, 0.1) is 7.11 Å². The van der Waals surface area contributed by atoms with Gasteiger partial charge in [0.2, 0.25) is 0 Å². The summed E-state index contributed by atoms with van der Waals surface area (Å²) in [7, 11) is 3.69. The zero-order valence-electron chi connectivity index (χ0n) is 11.5. The minimum absolute atomic E-state index is 0.189. The number of aryl methyl sites for hydroxylation is 2. The number of hydrogen-bond donors (Lipinski definition) is 2. The Morgan fingerprint density at radius 3 is 2.41 bits per heavy atom. The summed E-state index contributed by atoms with van der Waals surface area (Å²) in [4.78, 5) is 0. The van der Waals surface area contributed by atoms with Crippen LogP contribution in [0.2, 0.25) is 0 Å². The molecule has 2 unspecified atom stereocenters. The van der Waals surface area contributed by atoms with Gasteiger partial charge >= 0.3 is 0 Å². The monoisotopic (exact) mass is 236 g/mol. The van der Waals surface area contributed by atoms with Gasteiger partial charge in [-0.3, -0.25) is 0 Å². The van der Waals surface area contributed by atoms with Crippen molar-refractivity contribution in [1.82, 2.24) is 5.32 Å². The van der Waals surface area contributed by atoms with E-state index in [4.69, 9.17) is 10.5 Å². The van der Waals surface area contributed by atoms with Crippen LogP contribution in [-0.2, 0) is 0 Å². The molecule has 0 aromatic heterocycles. The van der Waals surface area contributed by atoms with E-state index in [1.165, 1.54) is 11.1 Å². The lowest BCUT2D eigenvalue weighted by molar-refractivity contribution is 0.410. The Morgan fingerprint density at radius 1 is 1.29 bits per heavy atom. The Labute approximate surface area is 104 Å². The number of nitrogens with two attached hydrogens (primary N) is 1. The maximum Gasteiger partial charge on any atom is 0.122 e. The van der Waals surface area contributed by atoms with Crippen LogP contribution in [0.25, 0.3) is 0 Å². The summed E-state index contributed by atoms with van der Waals surface area (Å²) >= 11 is 0. The van der Waals surface area contributed by atoms with E-state index in [0.29, 0.717) is 6.04 Å². The third kappa shape index (κ3) is 3.45. The molecule has 0 saturated heterocycles. The summed E-state index contributed by atoms with van der Waals surface area (Å²) in [5.41, 5.74) is 9.60. The number of nitrogens with one attached hydrogen (secondary N) is 1. The van der Waals surface area contributed by atoms with E-state index in [1.54, 1.807) is 7.11 Å². The third-order valence-electron chi connectivity index (χ3n) is 3.11. The van der Waals surface area contributed by atoms with Crippen LogP contribution < -0.4 is 15.8 Å². The van der Waals surface area contributed by atoms with Gasteiger partial charge in [-0.15, -0.1) is 0 Å². The topological polar surface area (TPSA) is 47.3 Å². The largest absolute Gasteiger partial charge is 0.496 e. The van der Waals surface area contributed by atoms with Gasteiger partial charge in [0.1, 0.15) is 5.75 Å². The number of benzene rings is 1. The molecular weight excluding hydrogens is 212 g/mol. The van der Waals surface area contributed by atoms with Gasteiger partial charge in [-0.2, -0.15) is 0 Å². The molecule has 0 aliphatic rings. The van der Waals surface area contributed by atoms with E-state index in [0.717, 1.165) is 17.7 Å². The Bertz CT molecular complexity index is 375. The molecule has 0 amide bonds. The average molecular weight is 236 g/mol. The lowest BCUT2D eigenvalue weighted by atomic mass is 9.94. The van der Waals surface area contributed by atoms with Crippen molar-refractivity contribution in [1.29, 1.82) is 0 Å². The predicted molar refractivity (Wildman–Crippen MR) is 72.5 cm³/mol. The number of rotatable bonds is 5. The maximum absolute atomic E-state index is 5.89. The molecule has 0 heterocycles. The van der Waals surface area contributed by atoms with Gasteiger partial charge in [-0.1, -0.05) is 6.07 Å². The Kier molecular flexibility index (Phi) is 4.97. The highest BCUT2D eigenvalue weighted by atomic mass is 16.5. The fraction of sp³-hybridized carbons (Fsp3) is 0.571. The van der Waals surface area contributed by atoms with Crippen LogP contribution in [0.3, 0.4) is 0 Å². The molecule has 0 fully saturated rings. The second kappa shape index (κ2) is 6.03. The van der Waals surface area contributed by atoms with Crippen LogP contribution in [-0.4, -0.2) is 20.2 Å². The van der Waals surface area contributed by atoms with Gasteiger partial charge < -0.3 is 15.8 Å². The summed E-state index contributed by atoms with van der Waals surface area (Å²) in [5, 5.41) is 3.33. The van der Waals surface area contributed by atoms with E-state index in [9.17, 15) is 0 Å². The fourth-order valence-electron chi connectivity index (χ4n) is 2.18. The summed E-state index contributed by atoms with van der Waals surface area (Å²) in [6.45, 7) is 6.22. The minimum Gasteiger partial charge on any atom is -0.496 e. The molecule has 0 aliphatic carbocycles. The zero-order valence-corrected chi connectivity index (χ0v) is 11.5. The molecular formula is C14H24N2O. The number of ether oxygens (including phenoxy) is 1. The maximum atomic E-state index is 5.89. The van der Waals surface area contributed by atoms with Gasteiger partial charge in [-0.25, -0.2) is 0 Å². The minimum atomic E-state index is 0.189. The Balaban J connectivity index is 3.07. The van der Waals surface area contributed by atoms with E-state index < -0.39 is 0 Å². The molecule has 1 aromatic rings. The van der Waals surface area contributed by atoms with Crippen LogP contribution in [0.15, 0.2) is 12.1 Å². The molecule has 1 aromatic carbocycles. The second-order valence-corrected chi connectivity index (χ2v) is 4.73. The molecule has 3 nitrogen and oxygen atoms in total. The molecule has 2 atom stereocenters. The van der Waals surface area contributed by atoms with Gasteiger partial charge in [-0.05, 0) is 57.0 Å². The van der Waals surface area contributed by atoms with Crippen LogP contribution in [0.5, 0.6) is 5.75 Å². The highest BCUT2D eigenvalue weighted by molar-refractivity contribution is 5.42. The normalized spacial score (nSPS) is 14.5. The SMILES string of the molecule is CNC(CC(C)N)c1cc(C)c(OC)cc1C. The van der Waals surface area contributed by atoms with Crippen LogP contribution >= 0.6 is 0 Å². The second-order valence-electron chi connectivity index (χ2n) is 4.73. The van der Waals surface area contributed by atoms with E-state index in [-0.39, 0.29) is 6.04 Å². The molecule has 0 radical (unpaired) electrons. The molecule has 17 heavy (non-hydrogen) atoms. The van der Waals surface area contributed by atoms with E-state index in [1.807, 2.05) is 14.0 Å².